The average Bonchev–Trinajstić information content (AvgIpc) is 2.52. The summed E-state index contributed by atoms with van der Waals surface area (Å²) in [6.45, 7) is 3.93. The molecule has 0 atom stereocenters. The van der Waals surface area contributed by atoms with Gasteiger partial charge in [0.05, 0.1) is 0 Å². The third-order valence-electron chi connectivity index (χ3n) is 2.86. The summed E-state index contributed by atoms with van der Waals surface area (Å²) in [5.74, 6) is 1.16. The smallest absolute Gasteiger partial charge is 0.227 e. The Labute approximate surface area is 131 Å². The van der Waals surface area contributed by atoms with Gasteiger partial charge in [-0.3, -0.25) is 9.79 Å². The number of nitrogens with zero attached hydrogens (tertiary/aromatic N) is 2. The summed E-state index contributed by atoms with van der Waals surface area (Å²) in [5.41, 5.74) is 1.06. The van der Waals surface area contributed by atoms with E-state index < -0.39 is 0 Å². The Hall–Kier alpha value is -2.15. The zero-order valence-corrected chi connectivity index (χ0v) is 13.5. The molecule has 0 aliphatic heterocycles. The van der Waals surface area contributed by atoms with E-state index in [0.29, 0.717) is 31.3 Å². The van der Waals surface area contributed by atoms with E-state index in [4.69, 9.17) is 4.74 Å². The molecule has 0 radical (unpaired) electrons. The zero-order chi connectivity index (χ0) is 16.2. The number of aryl methyl sites for hydroxylation is 1. The maximum Gasteiger partial charge on any atom is 0.227 e. The van der Waals surface area contributed by atoms with Crippen LogP contribution >= 0.6 is 0 Å². The molecule has 0 saturated carbocycles. The van der Waals surface area contributed by atoms with Gasteiger partial charge in [0.15, 0.2) is 5.96 Å². The van der Waals surface area contributed by atoms with Gasteiger partial charge in [0, 0.05) is 46.5 Å². The highest BCUT2D eigenvalue weighted by molar-refractivity contribution is 5.90. The van der Waals surface area contributed by atoms with Crippen LogP contribution in [0.15, 0.2) is 23.3 Å². The molecule has 0 fully saturated rings. The van der Waals surface area contributed by atoms with E-state index in [1.165, 1.54) is 0 Å². The summed E-state index contributed by atoms with van der Waals surface area (Å²) in [6, 6.07) is 3.70. The Morgan fingerprint density at radius 2 is 2.09 bits per heavy atom. The zero-order valence-electron chi connectivity index (χ0n) is 13.5. The lowest BCUT2D eigenvalue weighted by atomic mass is 10.3. The van der Waals surface area contributed by atoms with Gasteiger partial charge in [-0.2, -0.15) is 0 Å². The molecule has 1 rings (SSSR count). The maximum absolute atomic E-state index is 11.8. The number of hydrogen-bond donors (Lipinski definition) is 3. The molecule has 0 aliphatic carbocycles. The number of methoxy groups -OCH3 is 1. The molecule has 7 nitrogen and oxygen atoms in total. The molecule has 1 heterocycles. The third kappa shape index (κ3) is 7.58. The summed E-state index contributed by atoms with van der Waals surface area (Å²) in [7, 11) is 3.37. The number of aromatic nitrogens is 1. The van der Waals surface area contributed by atoms with Crippen LogP contribution < -0.4 is 16.0 Å². The number of aliphatic imine (C=N–C) groups is 1. The Kier molecular flexibility index (Phi) is 8.59. The van der Waals surface area contributed by atoms with Gasteiger partial charge in [-0.05, 0) is 25.0 Å². The highest BCUT2D eigenvalue weighted by Gasteiger charge is 2.04. The SMILES string of the molecule is CN=C(NCCCOC)NCCC(=O)Nc1ccc(C)cn1. The molecule has 0 aliphatic rings. The monoisotopic (exact) mass is 307 g/mol. The number of carbonyl (C=O) groups is 1. The Morgan fingerprint density at radius 3 is 2.73 bits per heavy atom. The van der Waals surface area contributed by atoms with Gasteiger partial charge in [-0.15, -0.1) is 0 Å². The predicted molar refractivity (Wildman–Crippen MR) is 88.1 cm³/mol. The first-order valence-corrected chi connectivity index (χ1v) is 7.31. The normalized spacial score (nSPS) is 11.1. The highest BCUT2D eigenvalue weighted by atomic mass is 16.5. The Balaban J connectivity index is 2.21. The Morgan fingerprint density at radius 1 is 1.32 bits per heavy atom. The lowest BCUT2D eigenvalue weighted by Crippen LogP contribution is -2.39. The summed E-state index contributed by atoms with van der Waals surface area (Å²) in [4.78, 5) is 20.0. The van der Waals surface area contributed by atoms with E-state index in [2.05, 4.69) is 25.9 Å². The number of rotatable bonds is 8. The van der Waals surface area contributed by atoms with Gasteiger partial charge < -0.3 is 20.7 Å². The van der Waals surface area contributed by atoms with Crippen molar-refractivity contribution >= 4 is 17.7 Å². The van der Waals surface area contributed by atoms with Gasteiger partial charge in [0.2, 0.25) is 5.91 Å². The number of carbonyl (C=O) groups excluding carboxylic acids is 1. The topological polar surface area (TPSA) is 87.6 Å². The van der Waals surface area contributed by atoms with Crippen molar-refractivity contribution in [2.24, 2.45) is 4.99 Å². The van der Waals surface area contributed by atoms with E-state index in [1.54, 1.807) is 26.4 Å². The van der Waals surface area contributed by atoms with Crippen molar-refractivity contribution in [1.82, 2.24) is 15.6 Å². The van der Waals surface area contributed by atoms with Crippen LogP contribution in [0.4, 0.5) is 5.82 Å². The van der Waals surface area contributed by atoms with Crippen LogP contribution in [-0.4, -0.2) is 50.7 Å². The number of pyridine rings is 1. The molecule has 1 aromatic heterocycles. The fraction of sp³-hybridized carbons (Fsp3) is 0.533. The molecule has 0 bridgehead atoms. The minimum absolute atomic E-state index is 0.0845. The van der Waals surface area contributed by atoms with Crippen molar-refractivity contribution in [1.29, 1.82) is 0 Å². The molecule has 1 aromatic rings. The highest BCUT2D eigenvalue weighted by Crippen LogP contribution is 2.03. The van der Waals surface area contributed by atoms with Crippen LogP contribution in [0.1, 0.15) is 18.4 Å². The van der Waals surface area contributed by atoms with Crippen molar-refractivity contribution in [2.75, 3.05) is 39.2 Å². The fourth-order valence-corrected chi connectivity index (χ4v) is 1.69. The van der Waals surface area contributed by atoms with E-state index in [0.717, 1.165) is 18.5 Å². The van der Waals surface area contributed by atoms with Gasteiger partial charge in [-0.1, -0.05) is 6.07 Å². The molecule has 0 spiro atoms. The number of guanidine groups is 1. The van der Waals surface area contributed by atoms with Crippen molar-refractivity contribution in [3.63, 3.8) is 0 Å². The van der Waals surface area contributed by atoms with Crippen molar-refractivity contribution in [2.45, 2.75) is 19.8 Å². The minimum Gasteiger partial charge on any atom is -0.385 e. The van der Waals surface area contributed by atoms with Crippen LogP contribution in [0.25, 0.3) is 0 Å². The first-order chi connectivity index (χ1) is 10.7. The molecule has 0 saturated heterocycles. The molecular formula is C15H25N5O2. The minimum atomic E-state index is -0.0845. The molecule has 3 N–H and O–H groups in total. The van der Waals surface area contributed by atoms with E-state index in [-0.39, 0.29) is 5.91 Å². The number of anilines is 1. The van der Waals surface area contributed by atoms with Gasteiger partial charge in [0.1, 0.15) is 5.82 Å². The van der Waals surface area contributed by atoms with Crippen molar-refractivity contribution < 1.29 is 9.53 Å². The van der Waals surface area contributed by atoms with Gasteiger partial charge in [-0.25, -0.2) is 4.98 Å². The lowest BCUT2D eigenvalue weighted by Gasteiger charge is -2.11. The van der Waals surface area contributed by atoms with E-state index in [9.17, 15) is 4.79 Å². The lowest BCUT2D eigenvalue weighted by molar-refractivity contribution is -0.116. The largest absolute Gasteiger partial charge is 0.385 e. The van der Waals surface area contributed by atoms with Crippen LogP contribution in [0.5, 0.6) is 0 Å². The van der Waals surface area contributed by atoms with E-state index in [1.807, 2.05) is 13.0 Å². The standard InChI is InChI=1S/C15H25N5O2/c1-12-5-6-13(19-11-12)20-14(21)7-9-18-15(16-2)17-8-4-10-22-3/h5-6,11H,4,7-10H2,1-3H3,(H2,16,17,18)(H,19,20,21). The molecular weight excluding hydrogens is 282 g/mol. The summed E-state index contributed by atoms with van der Waals surface area (Å²) in [6.07, 6.45) is 2.96. The van der Waals surface area contributed by atoms with Gasteiger partial charge >= 0.3 is 0 Å². The first kappa shape index (κ1) is 17.9. The molecule has 122 valence electrons. The molecule has 7 heteroatoms. The number of amides is 1. The predicted octanol–water partition coefficient (Wildman–Crippen LogP) is 0.920. The maximum atomic E-state index is 11.8. The second kappa shape index (κ2) is 10.6. The summed E-state index contributed by atoms with van der Waals surface area (Å²) >= 11 is 0. The quantitative estimate of drug-likeness (QED) is 0.378. The second-order valence-corrected chi connectivity index (χ2v) is 4.79. The molecule has 22 heavy (non-hydrogen) atoms. The summed E-state index contributed by atoms with van der Waals surface area (Å²) < 4.78 is 4.97. The molecule has 0 unspecified atom stereocenters. The molecule has 1 amide bonds. The van der Waals surface area contributed by atoms with Crippen LogP contribution in [0, 0.1) is 6.92 Å². The average molecular weight is 307 g/mol. The Bertz CT molecular complexity index is 473. The second-order valence-electron chi connectivity index (χ2n) is 4.79. The van der Waals surface area contributed by atoms with E-state index >= 15 is 0 Å². The number of ether oxygens (including phenoxy) is 1. The fourth-order valence-electron chi connectivity index (χ4n) is 1.69. The number of nitrogens with one attached hydrogen (secondary N) is 3. The van der Waals surface area contributed by atoms with Crippen LogP contribution in [-0.2, 0) is 9.53 Å². The van der Waals surface area contributed by atoms with Gasteiger partial charge in [0.25, 0.3) is 0 Å². The molecule has 0 aromatic carbocycles. The third-order valence-corrected chi connectivity index (χ3v) is 2.86. The van der Waals surface area contributed by atoms with Crippen LogP contribution in [0.2, 0.25) is 0 Å². The van der Waals surface area contributed by atoms with Crippen molar-refractivity contribution in [3.8, 4) is 0 Å². The summed E-state index contributed by atoms with van der Waals surface area (Å²) in [5, 5.41) is 8.99. The van der Waals surface area contributed by atoms with Crippen molar-refractivity contribution in [3.05, 3.63) is 23.9 Å². The number of hydrogen-bond acceptors (Lipinski definition) is 4. The van der Waals surface area contributed by atoms with Crippen LogP contribution in [0.3, 0.4) is 0 Å². The first-order valence-electron chi connectivity index (χ1n) is 7.31.